The number of hydrogen-bond donors (Lipinski definition) is 1. The first-order valence-corrected chi connectivity index (χ1v) is 7.16. The third-order valence-corrected chi connectivity index (χ3v) is 4.04. The molecule has 0 amide bonds. The molecule has 0 aliphatic heterocycles. The monoisotopic (exact) mass is 250 g/mol. The van der Waals surface area contributed by atoms with Gasteiger partial charge in [-0.15, -0.1) is 0 Å². The molecule has 0 bridgehead atoms. The minimum atomic E-state index is -1.15. The Balaban J connectivity index is 2.00. The van der Waals surface area contributed by atoms with Crippen LogP contribution in [0.3, 0.4) is 0 Å². The van der Waals surface area contributed by atoms with E-state index in [4.69, 9.17) is 9.84 Å². The van der Waals surface area contributed by atoms with Crippen LogP contribution in [0.1, 0.15) is 32.1 Å². The number of ether oxygens (including phenoxy) is 1. The minimum absolute atomic E-state index is 0.305. The summed E-state index contributed by atoms with van der Waals surface area (Å²) in [6, 6.07) is 0. The van der Waals surface area contributed by atoms with E-state index >= 15 is 0 Å². The van der Waals surface area contributed by atoms with Crippen molar-refractivity contribution in [2.45, 2.75) is 38.2 Å². The molecule has 1 N–H and O–H groups in total. The van der Waals surface area contributed by atoms with Gasteiger partial charge < -0.3 is 9.84 Å². The van der Waals surface area contributed by atoms with Crippen molar-refractivity contribution in [3.05, 3.63) is 0 Å². The SMILES string of the molecule is COS(=O)CCCOC1CCC(CO)CC1. The molecule has 1 rings (SSSR count). The van der Waals surface area contributed by atoms with Crippen molar-refractivity contribution in [1.82, 2.24) is 0 Å². The van der Waals surface area contributed by atoms with Crippen LogP contribution in [0.15, 0.2) is 0 Å². The number of rotatable bonds is 7. The highest BCUT2D eigenvalue weighted by Gasteiger charge is 2.20. The van der Waals surface area contributed by atoms with Crippen molar-refractivity contribution < 1.29 is 18.2 Å². The molecule has 1 aliphatic carbocycles. The highest BCUT2D eigenvalue weighted by molar-refractivity contribution is 7.80. The smallest absolute Gasteiger partial charge is 0.155 e. The van der Waals surface area contributed by atoms with Gasteiger partial charge in [0.15, 0.2) is 11.1 Å². The summed E-state index contributed by atoms with van der Waals surface area (Å²) in [7, 11) is 1.45. The molecule has 1 saturated carbocycles. The fraction of sp³-hybridized carbons (Fsp3) is 1.00. The summed E-state index contributed by atoms with van der Waals surface area (Å²) in [4.78, 5) is 0. The van der Waals surface area contributed by atoms with Crippen molar-refractivity contribution in [3.63, 3.8) is 0 Å². The van der Waals surface area contributed by atoms with Gasteiger partial charge in [0.2, 0.25) is 0 Å². The average molecular weight is 250 g/mol. The zero-order chi connectivity index (χ0) is 11.8. The van der Waals surface area contributed by atoms with Crippen LogP contribution < -0.4 is 0 Å². The van der Waals surface area contributed by atoms with Gasteiger partial charge in [0.05, 0.1) is 19.0 Å². The maximum absolute atomic E-state index is 11.0. The van der Waals surface area contributed by atoms with Crippen molar-refractivity contribution in [2.24, 2.45) is 5.92 Å². The van der Waals surface area contributed by atoms with Crippen LogP contribution in [0, 0.1) is 5.92 Å². The summed E-state index contributed by atoms with van der Waals surface area (Å²) in [5.74, 6) is 1.02. The molecule has 1 unspecified atom stereocenters. The number of aliphatic hydroxyl groups is 1. The van der Waals surface area contributed by atoms with Gasteiger partial charge in [-0.2, -0.15) is 0 Å². The van der Waals surface area contributed by atoms with E-state index in [9.17, 15) is 4.21 Å². The predicted molar refractivity (Wildman–Crippen MR) is 63.4 cm³/mol. The fourth-order valence-electron chi connectivity index (χ4n) is 1.99. The van der Waals surface area contributed by atoms with Gasteiger partial charge in [-0.25, -0.2) is 4.21 Å². The summed E-state index contributed by atoms with van der Waals surface area (Å²) in [5, 5.41) is 8.99. The predicted octanol–water partition coefficient (Wildman–Crippen LogP) is 1.25. The Morgan fingerprint density at radius 2 is 2.00 bits per heavy atom. The van der Waals surface area contributed by atoms with Gasteiger partial charge in [-0.1, -0.05) is 0 Å². The Morgan fingerprint density at radius 1 is 1.31 bits per heavy atom. The van der Waals surface area contributed by atoms with E-state index in [1.807, 2.05) is 0 Å². The Hall–Kier alpha value is 0.0300. The lowest BCUT2D eigenvalue weighted by Gasteiger charge is -2.27. The lowest BCUT2D eigenvalue weighted by molar-refractivity contribution is 0.0119. The first-order valence-electron chi connectivity index (χ1n) is 5.91. The second-order valence-corrected chi connectivity index (χ2v) is 5.57. The molecule has 0 radical (unpaired) electrons. The average Bonchev–Trinajstić information content (AvgIpc) is 2.35. The molecule has 0 aromatic rings. The number of aliphatic hydroxyl groups excluding tert-OH is 1. The molecule has 1 aliphatic rings. The minimum Gasteiger partial charge on any atom is -0.396 e. The van der Waals surface area contributed by atoms with Crippen LogP contribution in [0.5, 0.6) is 0 Å². The molecule has 96 valence electrons. The standard InChI is InChI=1S/C11H22O4S/c1-14-16(13)8-2-7-15-11-5-3-10(9-12)4-6-11/h10-12H,2-9H2,1H3. The summed E-state index contributed by atoms with van der Waals surface area (Å²) in [6.45, 7) is 0.961. The lowest BCUT2D eigenvalue weighted by Crippen LogP contribution is -2.24. The van der Waals surface area contributed by atoms with E-state index in [1.165, 1.54) is 7.11 Å². The van der Waals surface area contributed by atoms with E-state index in [2.05, 4.69) is 4.18 Å². The van der Waals surface area contributed by atoms with Crippen LogP contribution in [0.2, 0.25) is 0 Å². The van der Waals surface area contributed by atoms with Crippen LogP contribution >= 0.6 is 0 Å². The summed E-state index contributed by atoms with van der Waals surface area (Å²) < 4.78 is 21.3. The first-order chi connectivity index (χ1) is 7.76. The maximum Gasteiger partial charge on any atom is 0.155 e. The molecule has 16 heavy (non-hydrogen) atoms. The molecule has 0 spiro atoms. The fourth-order valence-corrected chi connectivity index (χ4v) is 2.51. The zero-order valence-electron chi connectivity index (χ0n) is 9.89. The molecule has 0 aromatic carbocycles. The van der Waals surface area contributed by atoms with Gasteiger partial charge in [0, 0.05) is 13.2 Å². The van der Waals surface area contributed by atoms with Crippen LogP contribution in [0.25, 0.3) is 0 Å². The van der Waals surface area contributed by atoms with Gasteiger partial charge in [0.25, 0.3) is 0 Å². The highest BCUT2D eigenvalue weighted by Crippen LogP contribution is 2.25. The molecule has 4 nitrogen and oxygen atoms in total. The second-order valence-electron chi connectivity index (χ2n) is 4.22. The Morgan fingerprint density at radius 3 is 2.56 bits per heavy atom. The maximum atomic E-state index is 11.0. The van der Waals surface area contributed by atoms with Gasteiger partial charge in [0.1, 0.15) is 0 Å². The largest absolute Gasteiger partial charge is 0.396 e. The van der Waals surface area contributed by atoms with E-state index in [1.54, 1.807) is 0 Å². The first kappa shape index (κ1) is 14.1. The second kappa shape index (κ2) is 8.17. The topological polar surface area (TPSA) is 55.8 Å². The van der Waals surface area contributed by atoms with Crippen LogP contribution in [0.4, 0.5) is 0 Å². The van der Waals surface area contributed by atoms with Crippen molar-refractivity contribution >= 4 is 11.1 Å². The quantitative estimate of drug-likeness (QED) is 0.691. The van der Waals surface area contributed by atoms with E-state index < -0.39 is 11.1 Å². The lowest BCUT2D eigenvalue weighted by atomic mass is 9.88. The van der Waals surface area contributed by atoms with Crippen molar-refractivity contribution in [3.8, 4) is 0 Å². The van der Waals surface area contributed by atoms with E-state index in [0.717, 1.165) is 32.1 Å². The summed E-state index contributed by atoms with van der Waals surface area (Å²) in [6.07, 6.45) is 5.31. The third-order valence-electron chi connectivity index (χ3n) is 3.05. The van der Waals surface area contributed by atoms with Gasteiger partial charge in [-0.3, -0.25) is 4.18 Å². The highest BCUT2D eigenvalue weighted by atomic mass is 32.2. The Bertz CT molecular complexity index is 202. The molecule has 5 heteroatoms. The summed E-state index contributed by atoms with van der Waals surface area (Å²) >= 11 is -1.15. The summed E-state index contributed by atoms with van der Waals surface area (Å²) in [5.41, 5.74) is 0. The third kappa shape index (κ3) is 5.39. The van der Waals surface area contributed by atoms with Crippen molar-refractivity contribution in [2.75, 3.05) is 26.1 Å². The molecule has 1 fully saturated rings. The Kier molecular flexibility index (Phi) is 7.20. The molecule has 0 saturated heterocycles. The normalized spacial score (nSPS) is 27.9. The molecular formula is C11H22O4S. The Labute approximate surface area is 100.0 Å². The molecule has 1 atom stereocenters. The van der Waals surface area contributed by atoms with E-state index in [0.29, 0.717) is 31.0 Å². The van der Waals surface area contributed by atoms with Crippen molar-refractivity contribution in [1.29, 1.82) is 0 Å². The van der Waals surface area contributed by atoms with E-state index in [-0.39, 0.29) is 0 Å². The van der Waals surface area contributed by atoms with Crippen LogP contribution in [-0.4, -0.2) is 41.5 Å². The van der Waals surface area contributed by atoms with Gasteiger partial charge >= 0.3 is 0 Å². The zero-order valence-corrected chi connectivity index (χ0v) is 10.7. The molecule has 0 aromatic heterocycles. The number of hydrogen-bond acceptors (Lipinski definition) is 4. The van der Waals surface area contributed by atoms with Gasteiger partial charge in [-0.05, 0) is 38.0 Å². The van der Waals surface area contributed by atoms with Crippen LogP contribution in [-0.2, 0) is 20.0 Å². The molecule has 0 heterocycles. The molecular weight excluding hydrogens is 228 g/mol.